The number of aryl methyl sites for hydroxylation is 2. The monoisotopic (exact) mass is 620 g/mol. The highest BCUT2D eigenvalue weighted by Crippen LogP contribution is 2.51. The van der Waals surface area contributed by atoms with E-state index in [0.29, 0.717) is 6.61 Å². The highest BCUT2D eigenvalue weighted by atomic mass is 28.3. The Morgan fingerprint density at radius 2 is 1.15 bits per heavy atom. The third kappa shape index (κ3) is 6.41. The molecular weight excluding hydrogens is 573 g/mol. The highest BCUT2D eigenvalue weighted by Gasteiger charge is 2.43. The molecule has 0 bridgehead atoms. The molecule has 5 aromatic rings. The van der Waals surface area contributed by atoms with Gasteiger partial charge < -0.3 is 4.74 Å². The van der Waals surface area contributed by atoms with Crippen molar-refractivity contribution in [3.8, 4) is 39.1 Å². The largest absolute Gasteiger partial charge is 0.490 e. The average molecular weight is 621 g/mol. The maximum Gasteiger partial charge on any atom is 0.119 e. The summed E-state index contributed by atoms with van der Waals surface area (Å²) in [7, 11) is -2.21. The van der Waals surface area contributed by atoms with Crippen LogP contribution in [0.25, 0.3) is 33.4 Å². The van der Waals surface area contributed by atoms with Gasteiger partial charge in [0.15, 0.2) is 0 Å². The number of para-hydroxylation sites is 1. The summed E-state index contributed by atoms with van der Waals surface area (Å²) in [4.78, 5) is 0. The van der Waals surface area contributed by atoms with Gasteiger partial charge in [-0.15, -0.1) is 0 Å². The van der Waals surface area contributed by atoms with Crippen molar-refractivity contribution in [3.05, 3.63) is 144 Å². The van der Waals surface area contributed by atoms with Gasteiger partial charge in [-0.25, -0.2) is 0 Å². The van der Waals surface area contributed by atoms with E-state index in [1.807, 2.05) is 6.08 Å². The van der Waals surface area contributed by atoms with Gasteiger partial charge >= 0.3 is 0 Å². The minimum Gasteiger partial charge on any atom is -0.490 e. The van der Waals surface area contributed by atoms with Crippen LogP contribution in [0.5, 0.6) is 5.75 Å². The zero-order valence-electron chi connectivity index (χ0n) is 28.1. The van der Waals surface area contributed by atoms with Gasteiger partial charge in [-0.3, -0.25) is 0 Å². The van der Waals surface area contributed by atoms with Crippen molar-refractivity contribution in [2.45, 2.75) is 71.0 Å². The second-order valence-corrected chi connectivity index (χ2v) is 18.0. The fourth-order valence-electron chi connectivity index (χ4n) is 7.40. The fraction of sp³-hybridized carbons (Fsp3) is 0.273. The van der Waals surface area contributed by atoms with Crippen molar-refractivity contribution in [1.29, 1.82) is 0 Å². The quantitative estimate of drug-likeness (QED) is 0.0940. The van der Waals surface area contributed by atoms with Crippen LogP contribution >= 0.6 is 0 Å². The van der Waals surface area contributed by atoms with E-state index >= 15 is 0 Å². The first-order chi connectivity index (χ1) is 22.4. The van der Waals surface area contributed by atoms with Crippen LogP contribution in [0.1, 0.15) is 67.3 Å². The second-order valence-electron chi connectivity index (χ2n) is 13.5. The summed E-state index contributed by atoms with van der Waals surface area (Å²) in [5.41, 5.74) is 14.0. The molecular formula is C44H48OSi. The first kappa shape index (κ1) is 31.8. The molecule has 0 fully saturated rings. The van der Waals surface area contributed by atoms with Crippen LogP contribution in [0.3, 0.4) is 0 Å². The molecule has 1 nitrogen and oxygen atoms in total. The summed E-state index contributed by atoms with van der Waals surface area (Å²) >= 11 is 0. The molecule has 0 saturated carbocycles. The number of hydrogen-bond acceptors (Lipinski definition) is 1. The van der Waals surface area contributed by atoms with Gasteiger partial charge in [0.05, 0.1) is 8.07 Å². The molecule has 0 spiro atoms. The Bertz CT molecular complexity index is 1730. The van der Waals surface area contributed by atoms with Crippen LogP contribution in [0.4, 0.5) is 0 Å². The average Bonchev–Trinajstić information content (AvgIpc) is 3.43. The lowest BCUT2D eigenvalue weighted by atomic mass is 9.96. The Balaban J connectivity index is 1.49. The van der Waals surface area contributed by atoms with Crippen LogP contribution in [0.2, 0.25) is 13.1 Å². The number of ether oxygens (including phenoxy) is 1. The van der Waals surface area contributed by atoms with Crippen molar-refractivity contribution in [2.24, 2.45) is 0 Å². The van der Waals surface area contributed by atoms with Gasteiger partial charge in [-0.1, -0.05) is 156 Å². The molecule has 0 N–H and O–H groups in total. The van der Waals surface area contributed by atoms with E-state index in [1.54, 1.807) is 0 Å². The van der Waals surface area contributed by atoms with Gasteiger partial charge in [-0.05, 0) is 92.6 Å². The maximum absolute atomic E-state index is 6.30. The van der Waals surface area contributed by atoms with Crippen LogP contribution < -0.4 is 9.92 Å². The Labute approximate surface area is 278 Å². The predicted octanol–water partition coefficient (Wildman–Crippen LogP) is 11.5. The van der Waals surface area contributed by atoms with E-state index in [9.17, 15) is 0 Å². The molecule has 0 heterocycles. The van der Waals surface area contributed by atoms with E-state index in [4.69, 9.17) is 4.74 Å². The van der Waals surface area contributed by atoms with Crippen LogP contribution in [-0.2, 0) is 12.8 Å². The number of fused-ring (bicyclic) bond motifs is 3. The Hall–Kier alpha value is -4.14. The maximum atomic E-state index is 6.30. The van der Waals surface area contributed by atoms with Crippen LogP contribution in [-0.4, -0.2) is 14.7 Å². The molecule has 46 heavy (non-hydrogen) atoms. The fourth-order valence-corrected chi connectivity index (χ4v) is 11.1. The molecule has 6 rings (SSSR count). The Morgan fingerprint density at radius 3 is 1.67 bits per heavy atom. The second kappa shape index (κ2) is 14.1. The third-order valence-electron chi connectivity index (χ3n) is 9.83. The van der Waals surface area contributed by atoms with E-state index in [0.717, 1.165) is 18.6 Å². The molecule has 0 saturated heterocycles. The minimum atomic E-state index is -2.21. The Kier molecular flexibility index (Phi) is 9.75. The van der Waals surface area contributed by atoms with Crippen molar-refractivity contribution in [3.63, 3.8) is 0 Å². The normalized spacial score (nSPS) is 12.5. The van der Waals surface area contributed by atoms with Crippen LogP contribution in [0, 0.1) is 0 Å². The Morgan fingerprint density at radius 1 is 0.630 bits per heavy atom. The molecule has 1 aliphatic carbocycles. The predicted molar refractivity (Wildman–Crippen MR) is 201 cm³/mol. The van der Waals surface area contributed by atoms with Crippen molar-refractivity contribution >= 4 is 13.3 Å². The summed E-state index contributed by atoms with van der Waals surface area (Å²) in [6.45, 7) is 14.0. The lowest BCUT2D eigenvalue weighted by molar-refractivity contribution is 0.366. The van der Waals surface area contributed by atoms with Crippen LogP contribution in [0.15, 0.2) is 122 Å². The molecule has 0 amide bonds. The number of unbranched alkanes of at least 4 members (excludes halogenated alkanes) is 2. The molecule has 5 aromatic carbocycles. The smallest absolute Gasteiger partial charge is 0.119 e. The van der Waals surface area contributed by atoms with Crippen molar-refractivity contribution in [1.82, 2.24) is 0 Å². The zero-order chi connectivity index (χ0) is 32.1. The minimum absolute atomic E-state index is 0.289. The first-order valence-corrected chi connectivity index (χ1v) is 20.3. The van der Waals surface area contributed by atoms with E-state index in [-0.39, 0.29) is 5.54 Å². The van der Waals surface area contributed by atoms with Crippen molar-refractivity contribution < 1.29 is 4.74 Å². The highest BCUT2D eigenvalue weighted by molar-refractivity contribution is 6.92. The van der Waals surface area contributed by atoms with Gasteiger partial charge in [-0.2, -0.15) is 0 Å². The topological polar surface area (TPSA) is 9.23 Å². The molecule has 1 aliphatic rings. The summed E-state index contributed by atoms with van der Waals surface area (Å²) in [5, 5.41) is 1.36. The van der Waals surface area contributed by atoms with Gasteiger partial charge in [0.1, 0.15) is 12.4 Å². The zero-order valence-corrected chi connectivity index (χ0v) is 29.1. The summed E-state index contributed by atoms with van der Waals surface area (Å²) in [6.07, 6.45) is 8.98. The lowest BCUT2D eigenvalue weighted by Crippen LogP contribution is -2.48. The van der Waals surface area contributed by atoms with E-state index < -0.39 is 8.07 Å². The lowest BCUT2D eigenvalue weighted by Gasteiger charge is -2.33. The third-order valence-corrected chi connectivity index (χ3v) is 13.7. The van der Waals surface area contributed by atoms with E-state index in [2.05, 4.69) is 143 Å². The van der Waals surface area contributed by atoms with Gasteiger partial charge in [0.25, 0.3) is 0 Å². The molecule has 0 radical (unpaired) electrons. The van der Waals surface area contributed by atoms with Gasteiger partial charge in [0, 0.05) is 5.54 Å². The molecule has 234 valence electrons. The standard InChI is InChI=1S/C44H48OSi/c1-6-9-15-32-17-13-19-34(28-32)36-23-25-38-39-26-24-37(35-20-14-18-33(29-35)16-10-7-2)31-41(39)44(40(38)30-36)46(4,5)43-22-12-11-21-42(43)45-27-8-3/h8,11-14,17-26,28-31,44H,3,6-7,9-10,15-16,27H2,1-2,4-5H3. The first-order valence-electron chi connectivity index (χ1n) is 17.2. The number of rotatable bonds is 13. The SMILES string of the molecule is C=CCOc1ccccc1[Si](C)(C)C1c2cc(-c3cccc(CCCC)c3)ccc2-c2ccc(-c3cccc(CCCC)c3)cc21. The molecule has 0 aromatic heterocycles. The molecule has 0 atom stereocenters. The summed E-state index contributed by atoms with van der Waals surface area (Å²) in [5.74, 6) is 0.994. The summed E-state index contributed by atoms with van der Waals surface area (Å²) in [6, 6.07) is 41.6. The number of hydrogen-bond donors (Lipinski definition) is 0. The molecule has 0 aliphatic heterocycles. The molecule has 2 heteroatoms. The van der Waals surface area contributed by atoms with Gasteiger partial charge in [0.2, 0.25) is 0 Å². The van der Waals surface area contributed by atoms with Crippen molar-refractivity contribution in [2.75, 3.05) is 6.61 Å². The summed E-state index contributed by atoms with van der Waals surface area (Å²) < 4.78 is 6.30. The van der Waals surface area contributed by atoms with E-state index in [1.165, 1.54) is 86.5 Å². The number of benzene rings is 5. The molecule has 0 unspecified atom stereocenters.